The van der Waals surface area contributed by atoms with Gasteiger partial charge in [-0.3, -0.25) is 19.8 Å². The molecule has 1 saturated heterocycles. The second-order valence-electron chi connectivity index (χ2n) is 7.15. The van der Waals surface area contributed by atoms with E-state index in [1.807, 2.05) is 0 Å². The molecule has 0 saturated carbocycles. The standard InChI is InChI=1S/C21H26N4O3/c1-17-5-2-3-6-18(17)16-24-13-11-23(12-14-24)10-9-21(26)22-19-7-4-8-20(15-19)25(27)28/h2-8,15H,9-14,16H2,1H3,(H,22,26). The minimum Gasteiger partial charge on any atom is -0.326 e. The van der Waals surface area contributed by atoms with Gasteiger partial charge in [0.15, 0.2) is 0 Å². The fraction of sp³-hybridized carbons (Fsp3) is 0.381. The molecule has 3 rings (SSSR count). The summed E-state index contributed by atoms with van der Waals surface area (Å²) in [5.41, 5.74) is 3.12. The minimum atomic E-state index is -0.466. The summed E-state index contributed by atoms with van der Waals surface area (Å²) in [6.07, 6.45) is 0.375. The first-order chi connectivity index (χ1) is 13.5. The Labute approximate surface area is 165 Å². The molecule has 0 spiro atoms. The van der Waals surface area contributed by atoms with Gasteiger partial charge in [0.2, 0.25) is 5.91 Å². The summed E-state index contributed by atoms with van der Waals surface area (Å²) in [7, 11) is 0. The molecule has 7 nitrogen and oxygen atoms in total. The zero-order valence-electron chi connectivity index (χ0n) is 16.1. The maximum atomic E-state index is 12.2. The molecule has 1 heterocycles. The van der Waals surface area contributed by atoms with Crippen molar-refractivity contribution in [1.82, 2.24) is 9.80 Å². The summed E-state index contributed by atoms with van der Waals surface area (Å²) in [6.45, 7) is 7.66. The monoisotopic (exact) mass is 382 g/mol. The van der Waals surface area contributed by atoms with Crippen LogP contribution >= 0.6 is 0 Å². The van der Waals surface area contributed by atoms with Crippen molar-refractivity contribution in [3.63, 3.8) is 0 Å². The first-order valence-corrected chi connectivity index (χ1v) is 9.55. The van der Waals surface area contributed by atoms with Crippen molar-refractivity contribution >= 4 is 17.3 Å². The Kier molecular flexibility index (Phi) is 6.73. The van der Waals surface area contributed by atoms with Crippen LogP contribution in [0, 0.1) is 17.0 Å². The van der Waals surface area contributed by atoms with Gasteiger partial charge in [-0.05, 0) is 24.1 Å². The molecule has 1 amide bonds. The third kappa shape index (κ3) is 5.61. The lowest BCUT2D eigenvalue weighted by atomic mass is 10.1. The van der Waals surface area contributed by atoms with Crippen LogP contribution in [-0.2, 0) is 11.3 Å². The van der Waals surface area contributed by atoms with Gasteiger partial charge in [0.1, 0.15) is 0 Å². The quantitative estimate of drug-likeness (QED) is 0.588. The van der Waals surface area contributed by atoms with Crippen LogP contribution in [0.15, 0.2) is 48.5 Å². The molecule has 0 atom stereocenters. The third-order valence-corrected chi connectivity index (χ3v) is 5.12. The second-order valence-corrected chi connectivity index (χ2v) is 7.15. The van der Waals surface area contributed by atoms with E-state index in [2.05, 4.69) is 46.3 Å². The molecule has 28 heavy (non-hydrogen) atoms. The first-order valence-electron chi connectivity index (χ1n) is 9.55. The largest absolute Gasteiger partial charge is 0.326 e. The number of amides is 1. The van der Waals surface area contributed by atoms with Crippen molar-refractivity contribution in [3.8, 4) is 0 Å². The van der Waals surface area contributed by atoms with E-state index in [0.717, 1.165) is 32.7 Å². The molecule has 1 aliphatic heterocycles. The van der Waals surface area contributed by atoms with Crippen LogP contribution in [0.3, 0.4) is 0 Å². The first kappa shape index (κ1) is 20.0. The smallest absolute Gasteiger partial charge is 0.271 e. The van der Waals surface area contributed by atoms with Crippen molar-refractivity contribution in [2.24, 2.45) is 0 Å². The molecule has 2 aromatic rings. The van der Waals surface area contributed by atoms with E-state index >= 15 is 0 Å². The SMILES string of the molecule is Cc1ccccc1CN1CCN(CCC(=O)Nc2cccc([N+](=O)[O-])c2)CC1. The number of nitro groups is 1. The number of non-ortho nitro benzene ring substituents is 1. The number of hydrogen-bond acceptors (Lipinski definition) is 5. The second kappa shape index (κ2) is 9.43. The van der Waals surface area contributed by atoms with Gasteiger partial charge in [0.05, 0.1) is 4.92 Å². The lowest BCUT2D eigenvalue weighted by Crippen LogP contribution is -2.46. The lowest BCUT2D eigenvalue weighted by Gasteiger charge is -2.34. The van der Waals surface area contributed by atoms with Gasteiger partial charge in [-0.2, -0.15) is 0 Å². The van der Waals surface area contributed by atoms with E-state index in [4.69, 9.17) is 0 Å². The van der Waals surface area contributed by atoms with Crippen LogP contribution in [0.1, 0.15) is 17.5 Å². The highest BCUT2D eigenvalue weighted by atomic mass is 16.6. The number of aryl methyl sites for hydroxylation is 1. The van der Waals surface area contributed by atoms with Crippen molar-refractivity contribution in [2.75, 3.05) is 38.0 Å². The number of nitrogens with zero attached hydrogens (tertiary/aromatic N) is 3. The van der Waals surface area contributed by atoms with Crippen molar-refractivity contribution in [2.45, 2.75) is 19.9 Å². The Morgan fingerprint density at radius 3 is 2.50 bits per heavy atom. The summed E-state index contributed by atoms with van der Waals surface area (Å²) < 4.78 is 0. The number of hydrogen-bond donors (Lipinski definition) is 1. The number of nitro benzene ring substituents is 1. The van der Waals surface area contributed by atoms with Crippen molar-refractivity contribution < 1.29 is 9.72 Å². The van der Waals surface area contributed by atoms with E-state index in [9.17, 15) is 14.9 Å². The van der Waals surface area contributed by atoms with Gasteiger partial charge in [0.25, 0.3) is 5.69 Å². The van der Waals surface area contributed by atoms with E-state index in [1.165, 1.54) is 23.3 Å². The highest BCUT2D eigenvalue weighted by Crippen LogP contribution is 2.17. The Balaban J connectivity index is 1.40. The Bertz CT molecular complexity index is 832. The zero-order chi connectivity index (χ0) is 19.9. The molecule has 7 heteroatoms. The average Bonchev–Trinajstić information content (AvgIpc) is 2.69. The summed E-state index contributed by atoms with van der Waals surface area (Å²) >= 11 is 0. The van der Waals surface area contributed by atoms with Gasteiger partial charge in [-0.25, -0.2) is 0 Å². The summed E-state index contributed by atoms with van der Waals surface area (Å²) in [5.74, 6) is -0.122. The van der Waals surface area contributed by atoms with Crippen LogP contribution < -0.4 is 5.32 Å². The number of benzene rings is 2. The van der Waals surface area contributed by atoms with Gasteiger partial charge in [-0.1, -0.05) is 30.3 Å². The van der Waals surface area contributed by atoms with E-state index in [0.29, 0.717) is 18.7 Å². The molecule has 148 valence electrons. The fourth-order valence-electron chi connectivity index (χ4n) is 3.38. The molecule has 0 unspecified atom stereocenters. The van der Waals surface area contributed by atoms with Gasteiger partial charge < -0.3 is 10.2 Å². The van der Waals surface area contributed by atoms with Crippen molar-refractivity contribution in [3.05, 3.63) is 69.8 Å². The molecule has 0 bridgehead atoms. The topological polar surface area (TPSA) is 78.7 Å². The molecule has 0 radical (unpaired) electrons. The molecule has 1 aliphatic rings. The number of rotatable bonds is 7. The number of carbonyl (C=O) groups excluding carboxylic acids is 1. The van der Waals surface area contributed by atoms with E-state index in [1.54, 1.807) is 12.1 Å². The summed E-state index contributed by atoms with van der Waals surface area (Å²) in [5, 5.41) is 13.6. The van der Waals surface area contributed by atoms with E-state index < -0.39 is 4.92 Å². The minimum absolute atomic E-state index is 0.0254. The highest BCUT2D eigenvalue weighted by molar-refractivity contribution is 5.91. The zero-order valence-corrected chi connectivity index (χ0v) is 16.1. The normalized spacial score (nSPS) is 15.3. The average molecular weight is 382 g/mol. The number of piperazine rings is 1. The highest BCUT2D eigenvalue weighted by Gasteiger charge is 2.18. The molecule has 1 fully saturated rings. The fourth-order valence-corrected chi connectivity index (χ4v) is 3.38. The number of nitrogens with one attached hydrogen (secondary N) is 1. The number of anilines is 1. The summed E-state index contributed by atoms with van der Waals surface area (Å²) in [6, 6.07) is 14.5. The van der Waals surface area contributed by atoms with Crippen molar-refractivity contribution in [1.29, 1.82) is 0 Å². The predicted molar refractivity (Wildman–Crippen MR) is 109 cm³/mol. The molecular formula is C21H26N4O3. The maximum Gasteiger partial charge on any atom is 0.271 e. The third-order valence-electron chi connectivity index (χ3n) is 5.12. The molecule has 0 aromatic heterocycles. The lowest BCUT2D eigenvalue weighted by molar-refractivity contribution is -0.384. The molecule has 1 N–H and O–H groups in total. The Morgan fingerprint density at radius 1 is 1.07 bits per heavy atom. The molecular weight excluding hydrogens is 356 g/mol. The Hall–Kier alpha value is -2.77. The van der Waals surface area contributed by atoms with E-state index in [-0.39, 0.29) is 11.6 Å². The Morgan fingerprint density at radius 2 is 1.79 bits per heavy atom. The van der Waals surface area contributed by atoms with Crippen LogP contribution in [0.2, 0.25) is 0 Å². The molecule has 2 aromatic carbocycles. The predicted octanol–water partition coefficient (Wildman–Crippen LogP) is 3.05. The van der Waals surface area contributed by atoms with Crippen LogP contribution in [0.5, 0.6) is 0 Å². The van der Waals surface area contributed by atoms with Gasteiger partial charge in [0, 0.05) is 63.5 Å². The van der Waals surface area contributed by atoms with Crippen LogP contribution in [-0.4, -0.2) is 53.4 Å². The van der Waals surface area contributed by atoms with Crippen LogP contribution in [0.4, 0.5) is 11.4 Å². The summed E-state index contributed by atoms with van der Waals surface area (Å²) in [4.78, 5) is 27.2. The van der Waals surface area contributed by atoms with Gasteiger partial charge in [-0.15, -0.1) is 0 Å². The molecule has 0 aliphatic carbocycles. The van der Waals surface area contributed by atoms with Crippen LogP contribution in [0.25, 0.3) is 0 Å². The maximum absolute atomic E-state index is 12.2. The van der Waals surface area contributed by atoms with Gasteiger partial charge >= 0.3 is 0 Å². The number of carbonyl (C=O) groups is 1.